The summed E-state index contributed by atoms with van der Waals surface area (Å²) in [6, 6.07) is 5.49. The van der Waals surface area contributed by atoms with Crippen LogP contribution in [-0.2, 0) is 6.42 Å². The maximum Gasteiger partial charge on any atom is 0.253 e. The van der Waals surface area contributed by atoms with Crippen molar-refractivity contribution in [3.05, 3.63) is 47.5 Å². The van der Waals surface area contributed by atoms with E-state index in [-0.39, 0.29) is 5.91 Å². The predicted molar refractivity (Wildman–Crippen MR) is 73.6 cm³/mol. The van der Waals surface area contributed by atoms with Crippen LogP contribution in [0.2, 0.25) is 0 Å². The van der Waals surface area contributed by atoms with Crippen molar-refractivity contribution >= 4 is 11.6 Å². The molecule has 0 saturated heterocycles. The highest BCUT2D eigenvalue weighted by atomic mass is 16.1. The summed E-state index contributed by atoms with van der Waals surface area (Å²) in [6.07, 6.45) is 4.11. The second-order valence-electron chi connectivity index (χ2n) is 4.24. The van der Waals surface area contributed by atoms with Gasteiger partial charge >= 0.3 is 0 Å². The quantitative estimate of drug-likeness (QED) is 0.475. The number of hydrogen-bond acceptors (Lipinski definition) is 4. The third-order valence-corrected chi connectivity index (χ3v) is 2.78. The molecule has 0 fully saturated rings. The molecule has 1 heterocycles. The molecule has 6 heteroatoms. The standard InChI is InChI=1S/C13H17N5O/c1-9-2-3-11(18-14)10(8-9)13(19)17-5-4-12-15-6-7-16-12/h2-3,6-8,18H,4-5,14H2,1H3,(H,15,16)(H,17,19). The Bertz CT molecular complexity index is 550. The third-order valence-electron chi connectivity index (χ3n) is 2.78. The SMILES string of the molecule is Cc1ccc(NN)c(C(=O)NCCc2ncc[nH]2)c1. The highest BCUT2D eigenvalue weighted by Gasteiger charge is 2.10. The number of nitrogens with two attached hydrogens (primary N) is 1. The zero-order valence-electron chi connectivity index (χ0n) is 10.7. The number of hydrogen-bond donors (Lipinski definition) is 4. The number of H-pyrrole nitrogens is 1. The van der Waals surface area contributed by atoms with E-state index in [0.29, 0.717) is 24.2 Å². The smallest absolute Gasteiger partial charge is 0.253 e. The first kappa shape index (κ1) is 13.1. The molecule has 0 atom stereocenters. The van der Waals surface area contributed by atoms with Gasteiger partial charge in [0, 0.05) is 25.4 Å². The van der Waals surface area contributed by atoms with Crippen LogP contribution in [0.3, 0.4) is 0 Å². The van der Waals surface area contributed by atoms with Crippen LogP contribution < -0.4 is 16.6 Å². The molecular formula is C13H17N5O. The van der Waals surface area contributed by atoms with E-state index in [1.807, 2.05) is 13.0 Å². The molecule has 100 valence electrons. The van der Waals surface area contributed by atoms with Gasteiger partial charge in [-0.15, -0.1) is 0 Å². The Morgan fingerprint density at radius 3 is 3.00 bits per heavy atom. The second kappa shape index (κ2) is 6.01. The van der Waals surface area contributed by atoms with Crippen molar-refractivity contribution in [3.8, 4) is 0 Å². The topological polar surface area (TPSA) is 95.8 Å². The minimum absolute atomic E-state index is 0.150. The zero-order valence-corrected chi connectivity index (χ0v) is 10.7. The number of amides is 1. The van der Waals surface area contributed by atoms with Gasteiger partial charge in [0.1, 0.15) is 5.82 Å². The van der Waals surface area contributed by atoms with Gasteiger partial charge < -0.3 is 15.7 Å². The number of hydrazine groups is 1. The molecule has 0 saturated carbocycles. The molecule has 1 amide bonds. The molecule has 1 aromatic heterocycles. The number of nitrogen functional groups attached to an aromatic ring is 1. The van der Waals surface area contributed by atoms with Crippen molar-refractivity contribution in [2.75, 3.05) is 12.0 Å². The number of rotatable bonds is 5. The van der Waals surface area contributed by atoms with Crippen molar-refractivity contribution in [1.29, 1.82) is 0 Å². The number of aromatic amines is 1. The molecule has 0 unspecified atom stereocenters. The van der Waals surface area contributed by atoms with Crippen molar-refractivity contribution in [3.63, 3.8) is 0 Å². The van der Waals surface area contributed by atoms with Gasteiger partial charge in [-0.3, -0.25) is 10.6 Å². The lowest BCUT2D eigenvalue weighted by atomic mass is 10.1. The number of nitrogens with zero attached hydrogens (tertiary/aromatic N) is 1. The molecule has 0 aliphatic heterocycles. The number of carbonyl (C=O) groups excluding carboxylic acids is 1. The molecule has 6 nitrogen and oxygen atoms in total. The van der Waals surface area contributed by atoms with Crippen LogP contribution in [0.5, 0.6) is 0 Å². The van der Waals surface area contributed by atoms with E-state index in [1.54, 1.807) is 24.5 Å². The fourth-order valence-corrected chi connectivity index (χ4v) is 1.80. The Hall–Kier alpha value is -2.34. The fourth-order valence-electron chi connectivity index (χ4n) is 1.80. The average molecular weight is 259 g/mol. The van der Waals surface area contributed by atoms with Crippen molar-refractivity contribution in [2.45, 2.75) is 13.3 Å². The maximum absolute atomic E-state index is 12.1. The van der Waals surface area contributed by atoms with Crippen molar-refractivity contribution < 1.29 is 4.79 Å². The van der Waals surface area contributed by atoms with E-state index in [4.69, 9.17) is 5.84 Å². The summed E-state index contributed by atoms with van der Waals surface area (Å²) in [5, 5.41) is 2.84. The molecule has 0 radical (unpaired) electrons. The van der Waals surface area contributed by atoms with Crippen molar-refractivity contribution in [1.82, 2.24) is 15.3 Å². The Balaban J connectivity index is 1.97. The van der Waals surface area contributed by atoms with Gasteiger partial charge in [-0.2, -0.15) is 0 Å². The Morgan fingerprint density at radius 2 is 2.32 bits per heavy atom. The highest BCUT2D eigenvalue weighted by molar-refractivity contribution is 5.99. The summed E-state index contributed by atoms with van der Waals surface area (Å²) in [5.41, 5.74) is 4.69. The van der Waals surface area contributed by atoms with E-state index < -0.39 is 0 Å². The van der Waals surface area contributed by atoms with Gasteiger partial charge in [0.25, 0.3) is 5.91 Å². The summed E-state index contributed by atoms with van der Waals surface area (Å²) in [7, 11) is 0. The molecule has 19 heavy (non-hydrogen) atoms. The lowest BCUT2D eigenvalue weighted by Gasteiger charge is -2.10. The summed E-state index contributed by atoms with van der Waals surface area (Å²) in [4.78, 5) is 19.1. The average Bonchev–Trinajstić information content (AvgIpc) is 2.91. The Kier molecular flexibility index (Phi) is 4.15. The number of aromatic nitrogens is 2. The first-order valence-electron chi connectivity index (χ1n) is 6.04. The van der Waals surface area contributed by atoms with Crippen LogP contribution in [0.15, 0.2) is 30.6 Å². The van der Waals surface area contributed by atoms with E-state index in [0.717, 1.165) is 11.4 Å². The maximum atomic E-state index is 12.1. The van der Waals surface area contributed by atoms with E-state index >= 15 is 0 Å². The molecular weight excluding hydrogens is 242 g/mol. The molecule has 2 rings (SSSR count). The molecule has 5 N–H and O–H groups in total. The number of aryl methyl sites for hydroxylation is 1. The fraction of sp³-hybridized carbons (Fsp3) is 0.231. The first-order chi connectivity index (χ1) is 9.20. The minimum Gasteiger partial charge on any atom is -0.352 e. The van der Waals surface area contributed by atoms with E-state index in [2.05, 4.69) is 20.7 Å². The lowest BCUT2D eigenvalue weighted by Crippen LogP contribution is -2.27. The van der Waals surface area contributed by atoms with Crippen LogP contribution in [-0.4, -0.2) is 22.4 Å². The normalized spacial score (nSPS) is 10.2. The largest absolute Gasteiger partial charge is 0.352 e. The molecule has 1 aromatic carbocycles. The molecule has 0 aliphatic rings. The first-order valence-corrected chi connectivity index (χ1v) is 6.04. The second-order valence-corrected chi connectivity index (χ2v) is 4.24. The molecule has 0 bridgehead atoms. The number of carbonyl (C=O) groups is 1. The van der Waals surface area contributed by atoms with Crippen LogP contribution in [0.4, 0.5) is 5.69 Å². The monoisotopic (exact) mass is 259 g/mol. The molecule has 2 aromatic rings. The zero-order chi connectivity index (χ0) is 13.7. The van der Waals surface area contributed by atoms with Gasteiger partial charge in [0.05, 0.1) is 11.3 Å². The van der Waals surface area contributed by atoms with Gasteiger partial charge in [-0.1, -0.05) is 11.6 Å². The van der Waals surface area contributed by atoms with E-state index in [1.165, 1.54) is 0 Å². The van der Waals surface area contributed by atoms with Gasteiger partial charge in [-0.05, 0) is 19.1 Å². The van der Waals surface area contributed by atoms with Gasteiger partial charge in [0.15, 0.2) is 0 Å². The number of anilines is 1. The summed E-state index contributed by atoms with van der Waals surface area (Å²) in [5.74, 6) is 6.10. The summed E-state index contributed by atoms with van der Waals surface area (Å²) in [6.45, 7) is 2.45. The van der Waals surface area contributed by atoms with Crippen LogP contribution in [0.25, 0.3) is 0 Å². The third kappa shape index (κ3) is 3.32. The van der Waals surface area contributed by atoms with Gasteiger partial charge in [-0.25, -0.2) is 4.98 Å². The summed E-state index contributed by atoms with van der Waals surface area (Å²) < 4.78 is 0. The Morgan fingerprint density at radius 1 is 1.47 bits per heavy atom. The lowest BCUT2D eigenvalue weighted by molar-refractivity contribution is 0.0954. The van der Waals surface area contributed by atoms with Gasteiger partial charge in [0.2, 0.25) is 0 Å². The molecule has 0 aliphatic carbocycles. The number of imidazole rings is 1. The summed E-state index contributed by atoms with van der Waals surface area (Å²) >= 11 is 0. The number of benzene rings is 1. The van der Waals surface area contributed by atoms with Crippen LogP contribution >= 0.6 is 0 Å². The van der Waals surface area contributed by atoms with Crippen LogP contribution in [0, 0.1) is 6.92 Å². The Labute approximate surface area is 111 Å². The van der Waals surface area contributed by atoms with E-state index in [9.17, 15) is 4.79 Å². The van der Waals surface area contributed by atoms with Crippen molar-refractivity contribution in [2.24, 2.45) is 5.84 Å². The number of nitrogens with one attached hydrogen (secondary N) is 3. The highest BCUT2D eigenvalue weighted by Crippen LogP contribution is 2.15. The minimum atomic E-state index is -0.150. The predicted octanol–water partition coefficient (Wildman–Crippen LogP) is 0.976. The van der Waals surface area contributed by atoms with Crippen LogP contribution in [0.1, 0.15) is 21.7 Å². The molecule has 0 spiro atoms.